The van der Waals surface area contributed by atoms with Gasteiger partial charge in [-0.2, -0.15) is 0 Å². The molecule has 0 amide bonds. The van der Waals surface area contributed by atoms with Crippen molar-refractivity contribution in [2.45, 2.75) is 19.8 Å². The Labute approximate surface area is 110 Å². The van der Waals surface area contributed by atoms with Crippen LogP contribution in [0.3, 0.4) is 0 Å². The van der Waals surface area contributed by atoms with Gasteiger partial charge in [0.2, 0.25) is 0 Å². The van der Waals surface area contributed by atoms with Crippen LogP contribution in [-0.4, -0.2) is 9.97 Å². The molecular formula is C7H9N2Rb. The molecular weight excluding hydrogens is 198 g/mol. The van der Waals surface area contributed by atoms with Crippen LogP contribution in [0.25, 0.3) is 0 Å². The standard InChI is InChI=1S/C7H9N2.Rb/c1-6(2)7-3-8-5-9-4-7;/h3,5-6H,1-2H3;/q-1;+1. The minimum absolute atomic E-state index is 0. The summed E-state index contributed by atoms with van der Waals surface area (Å²) >= 11 is 0. The van der Waals surface area contributed by atoms with Crippen LogP contribution < -0.4 is 58.2 Å². The minimum atomic E-state index is 0. The van der Waals surface area contributed by atoms with Crippen molar-refractivity contribution >= 4 is 0 Å². The van der Waals surface area contributed by atoms with Gasteiger partial charge in [0.1, 0.15) is 0 Å². The number of nitrogens with zero attached hydrogens (tertiary/aromatic N) is 2. The monoisotopic (exact) mass is 206 g/mol. The summed E-state index contributed by atoms with van der Waals surface area (Å²) in [5.74, 6) is 0.478. The Bertz CT molecular complexity index is 174. The molecule has 0 spiro atoms. The molecule has 0 saturated carbocycles. The summed E-state index contributed by atoms with van der Waals surface area (Å²) in [6.07, 6.45) is 6.14. The predicted molar refractivity (Wildman–Crippen MR) is 35.0 cm³/mol. The number of hydrogen-bond donors (Lipinski definition) is 0. The van der Waals surface area contributed by atoms with E-state index < -0.39 is 0 Å². The second kappa shape index (κ2) is 5.52. The van der Waals surface area contributed by atoms with Gasteiger partial charge in [0, 0.05) is 0 Å². The van der Waals surface area contributed by atoms with E-state index in [0.717, 1.165) is 5.56 Å². The van der Waals surface area contributed by atoms with E-state index in [-0.39, 0.29) is 58.2 Å². The Morgan fingerprint density at radius 3 is 2.50 bits per heavy atom. The third-order valence-corrected chi connectivity index (χ3v) is 1.15. The molecule has 1 aromatic heterocycles. The first-order valence-electron chi connectivity index (χ1n) is 2.98. The number of rotatable bonds is 1. The summed E-state index contributed by atoms with van der Waals surface area (Å²) in [6, 6.07) is 0. The van der Waals surface area contributed by atoms with E-state index in [4.69, 9.17) is 0 Å². The normalized spacial score (nSPS) is 9.10. The average molecular weight is 207 g/mol. The SMILES string of the molecule is CC(C)c1[c-]ncnc1.[Rb+]. The largest absolute Gasteiger partial charge is 1.00 e. The molecule has 1 heterocycles. The molecule has 10 heavy (non-hydrogen) atoms. The van der Waals surface area contributed by atoms with Crippen LogP contribution in [0.5, 0.6) is 0 Å². The molecule has 0 aliphatic rings. The zero-order valence-corrected chi connectivity index (χ0v) is 11.5. The molecule has 48 valence electrons. The molecule has 1 aromatic rings. The van der Waals surface area contributed by atoms with Crippen molar-refractivity contribution < 1.29 is 58.2 Å². The second-order valence-electron chi connectivity index (χ2n) is 2.24. The van der Waals surface area contributed by atoms with Crippen LogP contribution in [0.1, 0.15) is 25.3 Å². The number of hydrogen-bond acceptors (Lipinski definition) is 2. The fourth-order valence-corrected chi connectivity index (χ4v) is 0.557. The Balaban J connectivity index is 0.000000810. The van der Waals surface area contributed by atoms with Gasteiger partial charge < -0.3 is 9.97 Å². The van der Waals surface area contributed by atoms with Gasteiger partial charge in [-0.25, -0.2) is 0 Å². The van der Waals surface area contributed by atoms with E-state index in [1.165, 1.54) is 6.33 Å². The summed E-state index contributed by atoms with van der Waals surface area (Å²) in [5, 5.41) is 0. The maximum absolute atomic E-state index is 3.86. The predicted octanol–water partition coefficient (Wildman–Crippen LogP) is -1.60. The molecule has 0 bridgehead atoms. The van der Waals surface area contributed by atoms with Gasteiger partial charge in [0.15, 0.2) is 0 Å². The van der Waals surface area contributed by atoms with Gasteiger partial charge in [0.25, 0.3) is 0 Å². The summed E-state index contributed by atoms with van der Waals surface area (Å²) in [7, 11) is 0. The maximum atomic E-state index is 3.86. The van der Waals surface area contributed by atoms with E-state index in [2.05, 4.69) is 30.0 Å². The van der Waals surface area contributed by atoms with Crippen molar-refractivity contribution in [2.24, 2.45) is 0 Å². The van der Waals surface area contributed by atoms with Crippen LogP contribution in [-0.2, 0) is 0 Å². The van der Waals surface area contributed by atoms with Crippen molar-refractivity contribution in [1.29, 1.82) is 0 Å². The molecule has 0 atom stereocenters. The van der Waals surface area contributed by atoms with E-state index in [1.807, 2.05) is 0 Å². The van der Waals surface area contributed by atoms with Gasteiger partial charge in [-0.15, -0.1) is 5.56 Å². The third kappa shape index (κ3) is 3.33. The summed E-state index contributed by atoms with van der Waals surface area (Å²) in [5.41, 5.74) is 1.07. The molecule has 2 nitrogen and oxygen atoms in total. The Morgan fingerprint density at radius 2 is 2.20 bits per heavy atom. The average Bonchev–Trinajstić information content (AvgIpc) is 1.90. The third-order valence-electron chi connectivity index (χ3n) is 1.15. The molecule has 0 radical (unpaired) electrons. The number of aromatic nitrogens is 2. The first kappa shape index (κ1) is 10.9. The van der Waals surface area contributed by atoms with Crippen LogP contribution in [0, 0.1) is 6.20 Å². The molecule has 0 unspecified atom stereocenters. The van der Waals surface area contributed by atoms with Crippen molar-refractivity contribution in [3.63, 3.8) is 0 Å². The Morgan fingerprint density at radius 1 is 1.50 bits per heavy atom. The summed E-state index contributed by atoms with van der Waals surface area (Å²) in [4.78, 5) is 7.63. The molecule has 0 N–H and O–H groups in total. The zero-order chi connectivity index (χ0) is 6.69. The molecule has 1 rings (SSSR count). The first-order valence-corrected chi connectivity index (χ1v) is 2.98. The van der Waals surface area contributed by atoms with Gasteiger partial charge in [-0.3, -0.25) is 0 Å². The summed E-state index contributed by atoms with van der Waals surface area (Å²) < 4.78 is 0. The maximum Gasteiger partial charge on any atom is 1.00 e. The van der Waals surface area contributed by atoms with Crippen molar-refractivity contribution in [1.82, 2.24) is 9.97 Å². The molecule has 3 heteroatoms. The van der Waals surface area contributed by atoms with Gasteiger partial charge in [0.05, 0.1) is 0 Å². The van der Waals surface area contributed by atoms with E-state index >= 15 is 0 Å². The van der Waals surface area contributed by atoms with Crippen LogP contribution in [0.15, 0.2) is 12.5 Å². The van der Waals surface area contributed by atoms with Gasteiger partial charge in [-0.1, -0.05) is 26.2 Å². The van der Waals surface area contributed by atoms with Crippen LogP contribution in [0.2, 0.25) is 0 Å². The van der Waals surface area contributed by atoms with Gasteiger partial charge in [-0.05, 0) is 12.2 Å². The molecule has 0 aliphatic carbocycles. The van der Waals surface area contributed by atoms with E-state index in [0.29, 0.717) is 5.92 Å². The smallest absolute Gasteiger partial charge is 0.376 e. The topological polar surface area (TPSA) is 25.8 Å². The van der Waals surface area contributed by atoms with Crippen LogP contribution in [0.4, 0.5) is 0 Å². The quantitative estimate of drug-likeness (QED) is 0.518. The van der Waals surface area contributed by atoms with Crippen molar-refractivity contribution in [3.05, 3.63) is 24.3 Å². The zero-order valence-electron chi connectivity index (χ0n) is 6.63. The molecule has 0 fully saturated rings. The molecule has 0 aliphatic heterocycles. The minimum Gasteiger partial charge on any atom is -0.376 e. The summed E-state index contributed by atoms with van der Waals surface area (Å²) in [6.45, 7) is 4.18. The molecule has 0 aromatic carbocycles. The van der Waals surface area contributed by atoms with Crippen molar-refractivity contribution in [2.75, 3.05) is 0 Å². The van der Waals surface area contributed by atoms with Crippen LogP contribution >= 0.6 is 0 Å². The Hall–Kier alpha value is 0.885. The Kier molecular flexibility index (Phi) is 6.01. The molecule has 0 saturated heterocycles. The first-order chi connectivity index (χ1) is 4.30. The van der Waals surface area contributed by atoms with E-state index in [1.54, 1.807) is 6.20 Å². The fraction of sp³-hybridized carbons (Fsp3) is 0.429. The van der Waals surface area contributed by atoms with Gasteiger partial charge >= 0.3 is 58.2 Å². The van der Waals surface area contributed by atoms with Crippen molar-refractivity contribution in [3.8, 4) is 0 Å². The van der Waals surface area contributed by atoms with E-state index in [9.17, 15) is 0 Å². The fourth-order valence-electron chi connectivity index (χ4n) is 0.557. The second-order valence-corrected chi connectivity index (χ2v) is 2.24.